The number of aromatic nitrogens is 1. The van der Waals surface area contributed by atoms with Gasteiger partial charge in [0.2, 0.25) is 0 Å². The van der Waals surface area contributed by atoms with Crippen LogP contribution in [0.1, 0.15) is 24.4 Å². The monoisotopic (exact) mass is 292 g/mol. The second-order valence-electron chi connectivity index (χ2n) is 4.86. The van der Waals surface area contributed by atoms with Crippen molar-refractivity contribution in [2.45, 2.75) is 18.9 Å². The molecule has 0 saturated heterocycles. The fraction of sp³-hybridized carbons (Fsp3) is 0.267. The van der Waals surface area contributed by atoms with Crippen LogP contribution in [0.4, 0.5) is 5.82 Å². The summed E-state index contributed by atoms with van der Waals surface area (Å²) in [5, 5.41) is 4.75. The lowest BCUT2D eigenvalue weighted by atomic mass is 10.0. The molecule has 0 radical (unpaired) electrons. The van der Waals surface area contributed by atoms with Gasteiger partial charge in [-0.3, -0.25) is 0 Å². The first kappa shape index (κ1) is 12.8. The van der Waals surface area contributed by atoms with Gasteiger partial charge in [0.15, 0.2) is 0 Å². The highest BCUT2D eigenvalue weighted by Crippen LogP contribution is 2.42. The summed E-state index contributed by atoms with van der Waals surface area (Å²) in [4.78, 5) is 4.29. The van der Waals surface area contributed by atoms with Gasteiger partial charge in [-0.05, 0) is 48.6 Å². The minimum absolute atomic E-state index is 0.281. The number of nitrogens with one attached hydrogen (secondary N) is 1. The van der Waals surface area contributed by atoms with Crippen LogP contribution in [-0.2, 0) is 0 Å². The summed E-state index contributed by atoms with van der Waals surface area (Å²) < 4.78 is 0. The average molecular weight is 293 g/mol. The van der Waals surface area contributed by atoms with Crippen LogP contribution in [0, 0.1) is 5.92 Å². The van der Waals surface area contributed by atoms with Crippen LogP contribution in [0.3, 0.4) is 0 Å². The molecule has 1 heterocycles. The zero-order valence-electron chi connectivity index (χ0n) is 10.3. The topological polar surface area (TPSA) is 24.9 Å². The van der Waals surface area contributed by atoms with E-state index in [1.807, 2.05) is 24.3 Å². The first-order valence-electron chi connectivity index (χ1n) is 6.37. The summed E-state index contributed by atoms with van der Waals surface area (Å²) in [6, 6.07) is 13.9. The molecule has 2 aromatic rings. The molecule has 1 aliphatic rings. The number of nitrogens with zero attached hydrogens (tertiary/aromatic N) is 1. The highest BCUT2D eigenvalue weighted by Gasteiger charge is 2.32. The third-order valence-corrected chi connectivity index (χ3v) is 3.80. The smallest absolute Gasteiger partial charge is 0.131 e. The van der Waals surface area contributed by atoms with E-state index in [0.29, 0.717) is 11.1 Å². The van der Waals surface area contributed by atoms with Gasteiger partial charge < -0.3 is 5.32 Å². The maximum absolute atomic E-state index is 5.94. The Balaban J connectivity index is 1.83. The Morgan fingerprint density at radius 3 is 2.42 bits per heavy atom. The molecule has 0 bridgehead atoms. The third kappa shape index (κ3) is 3.20. The molecule has 0 spiro atoms. The van der Waals surface area contributed by atoms with Crippen molar-refractivity contribution in [2.24, 2.45) is 5.92 Å². The Labute approximate surface area is 122 Å². The van der Waals surface area contributed by atoms with E-state index in [-0.39, 0.29) is 6.04 Å². The Morgan fingerprint density at radius 1 is 1.05 bits per heavy atom. The van der Waals surface area contributed by atoms with Crippen molar-refractivity contribution in [3.8, 4) is 0 Å². The number of benzene rings is 1. The summed E-state index contributed by atoms with van der Waals surface area (Å²) in [5.74, 6) is 1.49. The Kier molecular flexibility index (Phi) is 3.63. The first-order valence-corrected chi connectivity index (χ1v) is 7.12. The fourth-order valence-corrected chi connectivity index (χ4v) is 2.51. The Morgan fingerprint density at radius 2 is 1.79 bits per heavy atom. The van der Waals surface area contributed by atoms with Gasteiger partial charge in [-0.15, -0.1) is 0 Å². The molecular formula is C15H14Cl2N2. The summed E-state index contributed by atoms with van der Waals surface area (Å²) in [7, 11) is 0. The van der Waals surface area contributed by atoms with Crippen LogP contribution in [-0.4, -0.2) is 4.98 Å². The number of rotatable bonds is 4. The maximum Gasteiger partial charge on any atom is 0.131 e. The maximum atomic E-state index is 5.94. The second-order valence-corrected chi connectivity index (χ2v) is 5.68. The molecule has 1 saturated carbocycles. The van der Waals surface area contributed by atoms with E-state index in [1.54, 1.807) is 6.07 Å². The number of pyridine rings is 1. The van der Waals surface area contributed by atoms with Gasteiger partial charge in [-0.2, -0.15) is 0 Å². The van der Waals surface area contributed by atoms with Crippen LogP contribution in [0.5, 0.6) is 0 Å². The average Bonchev–Trinajstić information content (AvgIpc) is 3.22. The quantitative estimate of drug-likeness (QED) is 0.807. The van der Waals surface area contributed by atoms with Crippen LogP contribution in [0.2, 0.25) is 10.2 Å². The lowest BCUT2D eigenvalue weighted by Crippen LogP contribution is -2.13. The van der Waals surface area contributed by atoms with E-state index in [4.69, 9.17) is 23.2 Å². The SMILES string of the molecule is Clc1ccc(C(Nc2cccc(Cl)n2)C2CC2)cc1. The number of anilines is 1. The molecule has 4 heteroatoms. The van der Waals surface area contributed by atoms with E-state index in [2.05, 4.69) is 22.4 Å². The summed E-state index contributed by atoms with van der Waals surface area (Å²) in [6.07, 6.45) is 2.50. The molecule has 1 aromatic heterocycles. The molecule has 1 unspecified atom stereocenters. The third-order valence-electron chi connectivity index (χ3n) is 3.34. The molecule has 1 N–H and O–H groups in total. The Hall–Kier alpha value is -1.25. The van der Waals surface area contributed by atoms with Crippen molar-refractivity contribution in [2.75, 3.05) is 5.32 Å². The molecule has 3 rings (SSSR count). The minimum Gasteiger partial charge on any atom is -0.363 e. The predicted molar refractivity (Wildman–Crippen MR) is 79.8 cm³/mol. The molecule has 1 fully saturated rings. The van der Waals surface area contributed by atoms with E-state index in [1.165, 1.54) is 18.4 Å². The van der Waals surface area contributed by atoms with E-state index < -0.39 is 0 Å². The molecule has 1 aromatic carbocycles. The van der Waals surface area contributed by atoms with Gasteiger partial charge in [-0.1, -0.05) is 41.4 Å². The van der Waals surface area contributed by atoms with Crippen LogP contribution >= 0.6 is 23.2 Å². The van der Waals surface area contributed by atoms with Crippen molar-refractivity contribution in [1.29, 1.82) is 0 Å². The molecule has 19 heavy (non-hydrogen) atoms. The molecular weight excluding hydrogens is 279 g/mol. The van der Waals surface area contributed by atoms with Gasteiger partial charge in [0.25, 0.3) is 0 Å². The van der Waals surface area contributed by atoms with Crippen molar-refractivity contribution >= 4 is 29.0 Å². The number of hydrogen-bond acceptors (Lipinski definition) is 2. The van der Waals surface area contributed by atoms with E-state index >= 15 is 0 Å². The van der Waals surface area contributed by atoms with Gasteiger partial charge in [0.1, 0.15) is 11.0 Å². The van der Waals surface area contributed by atoms with Crippen LogP contribution in [0.25, 0.3) is 0 Å². The molecule has 1 aliphatic carbocycles. The fourth-order valence-electron chi connectivity index (χ4n) is 2.22. The van der Waals surface area contributed by atoms with Gasteiger partial charge in [0, 0.05) is 5.02 Å². The lowest BCUT2D eigenvalue weighted by molar-refractivity contribution is 0.675. The summed E-state index contributed by atoms with van der Waals surface area (Å²) in [6.45, 7) is 0. The zero-order chi connectivity index (χ0) is 13.2. The first-order chi connectivity index (χ1) is 9.22. The summed E-state index contributed by atoms with van der Waals surface area (Å²) >= 11 is 11.9. The minimum atomic E-state index is 0.281. The molecule has 2 nitrogen and oxygen atoms in total. The number of hydrogen-bond donors (Lipinski definition) is 1. The standard InChI is InChI=1S/C15H14Cl2N2/c16-12-8-6-11(7-9-12)15(10-4-5-10)19-14-3-1-2-13(17)18-14/h1-3,6-10,15H,4-5H2,(H,18,19). The highest BCUT2D eigenvalue weighted by atomic mass is 35.5. The van der Waals surface area contributed by atoms with Gasteiger partial charge in [0.05, 0.1) is 6.04 Å². The van der Waals surface area contributed by atoms with E-state index in [9.17, 15) is 0 Å². The van der Waals surface area contributed by atoms with E-state index in [0.717, 1.165) is 10.8 Å². The predicted octanol–water partition coefficient (Wildman–Crippen LogP) is 4.95. The molecule has 0 aliphatic heterocycles. The largest absolute Gasteiger partial charge is 0.363 e. The van der Waals surface area contributed by atoms with Crippen molar-refractivity contribution in [1.82, 2.24) is 4.98 Å². The van der Waals surface area contributed by atoms with Crippen molar-refractivity contribution < 1.29 is 0 Å². The van der Waals surface area contributed by atoms with Gasteiger partial charge in [-0.25, -0.2) is 4.98 Å². The molecule has 1 atom stereocenters. The normalized spacial score (nSPS) is 16.1. The second kappa shape index (κ2) is 5.40. The van der Waals surface area contributed by atoms with Crippen molar-refractivity contribution in [3.05, 3.63) is 58.2 Å². The highest BCUT2D eigenvalue weighted by molar-refractivity contribution is 6.30. The summed E-state index contributed by atoms with van der Waals surface area (Å²) in [5.41, 5.74) is 1.24. The molecule has 98 valence electrons. The van der Waals surface area contributed by atoms with Crippen LogP contribution in [0.15, 0.2) is 42.5 Å². The Bertz CT molecular complexity index is 565. The zero-order valence-corrected chi connectivity index (χ0v) is 11.8. The number of halogens is 2. The van der Waals surface area contributed by atoms with Crippen molar-refractivity contribution in [3.63, 3.8) is 0 Å². The molecule has 0 amide bonds. The lowest BCUT2D eigenvalue weighted by Gasteiger charge is -2.19. The van der Waals surface area contributed by atoms with Crippen LogP contribution < -0.4 is 5.32 Å². The van der Waals surface area contributed by atoms with Gasteiger partial charge >= 0.3 is 0 Å².